The Labute approximate surface area is 67.1 Å². The SMILES string of the molecule is CCCCCCC.[SiH3]Cl. The van der Waals surface area contributed by atoms with E-state index in [1.807, 2.05) is 0 Å². The maximum absolute atomic E-state index is 4.78. The maximum atomic E-state index is 4.78. The lowest BCUT2D eigenvalue weighted by Crippen LogP contribution is -1.70. The molecule has 0 amide bonds. The van der Waals surface area contributed by atoms with E-state index in [0.717, 1.165) is 9.55 Å². The Balaban J connectivity index is 0. The third kappa shape index (κ3) is 17.7. The standard InChI is InChI=1S/C7H16.ClH3Si/c1-3-5-7-6-4-2;1-2/h3-7H2,1-2H3;2H3. The summed E-state index contributed by atoms with van der Waals surface area (Å²) in [7, 11) is 0.778. The first-order valence-electron chi connectivity index (χ1n) is 3.79. The normalized spacial score (nSPS) is 8.33. The van der Waals surface area contributed by atoms with Crippen molar-refractivity contribution in [2.45, 2.75) is 46.0 Å². The molecule has 2 heteroatoms. The Morgan fingerprint density at radius 1 is 0.889 bits per heavy atom. The van der Waals surface area contributed by atoms with E-state index in [-0.39, 0.29) is 0 Å². The highest BCUT2D eigenvalue weighted by Crippen LogP contribution is 2.00. The van der Waals surface area contributed by atoms with Gasteiger partial charge in [-0.1, -0.05) is 46.0 Å². The van der Waals surface area contributed by atoms with Crippen molar-refractivity contribution in [3.05, 3.63) is 0 Å². The van der Waals surface area contributed by atoms with E-state index in [1.165, 1.54) is 32.1 Å². The summed E-state index contributed by atoms with van der Waals surface area (Å²) in [6.45, 7) is 4.49. The van der Waals surface area contributed by atoms with Crippen LogP contribution < -0.4 is 0 Å². The third-order valence-electron chi connectivity index (χ3n) is 1.21. The minimum Gasteiger partial charge on any atom is -0.181 e. The lowest BCUT2D eigenvalue weighted by Gasteiger charge is -1.90. The highest BCUT2D eigenvalue weighted by Gasteiger charge is 1.80. The largest absolute Gasteiger partial charge is 0.181 e. The number of hydrogen-bond donors (Lipinski definition) is 0. The molecular weight excluding hydrogens is 148 g/mol. The van der Waals surface area contributed by atoms with Crippen LogP contribution in [-0.2, 0) is 0 Å². The van der Waals surface area contributed by atoms with Gasteiger partial charge in [0, 0.05) is 0 Å². The average Bonchev–Trinajstić information content (AvgIpc) is 1.94. The van der Waals surface area contributed by atoms with Gasteiger partial charge in [-0.25, -0.2) is 0 Å². The zero-order valence-corrected chi connectivity index (χ0v) is 9.67. The van der Waals surface area contributed by atoms with E-state index in [2.05, 4.69) is 13.8 Å². The van der Waals surface area contributed by atoms with Crippen molar-refractivity contribution >= 4 is 20.6 Å². The summed E-state index contributed by atoms with van der Waals surface area (Å²) < 4.78 is 0. The second-order valence-corrected chi connectivity index (χ2v) is 2.06. The molecule has 0 rings (SSSR count). The molecule has 0 aromatic carbocycles. The monoisotopic (exact) mass is 166 g/mol. The number of hydrogen-bond acceptors (Lipinski definition) is 0. The molecule has 9 heavy (non-hydrogen) atoms. The Morgan fingerprint density at radius 3 is 1.44 bits per heavy atom. The molecule has 0 saturated heterocycles. The first kappa shape index (κ1) is 12.2. The molecule has 0 unspecified atom stereocenters. The zero-order valence-electron chi connectivity index (χ0n) is 6.91. The summed E-state index contributed by atoms with van der Waals surface area (Å²) in [5, 5.41) is 0. The molecule has 0 bridgehead atoms. The molecule has 0 aliphatic rings. The van der Waals surface area contributed by atoms with Gasteiger partial charge in [-0.2, -0.15) is 11.1 Å². The fourth-order valence-corrected chi connectivity index (χ4v) is 0.677. The Bertz CT molecular complexity index is 28.1. The van der Waals surface area contributed by atoms with Crippen molar-refractivity contribution in [3.63, 3.8) is 0 Å². The summed E-state index contributed by atoms with van der Waals surface area (Å²) in [5.74, 6) is 0. The van der Waals surface area contributed by atoms with E-state index >= 15 is 0 Å². The second-order valence-electron chi connectivity index (χ2n) is 2.06. The summed E-state index contributed by atoms with van der Waals surface area (Å²) in [6.07, 6.45) is 7.01. The predicted octanol–water partition coefficient (Wildman–Crippen LogP) is 2.48. The van der Waals surface area contributed by atoms with Gasteiger partial charge in [0.05, 0.1) is 0 Å². The molecule has 0 nitrogen and oxygen atoms in total. The molecule has 0 heterocycles. The van der Waals surface area contributed by atoms with Crippen LogP contribution in [0.25, 0.3) is 0 Å². The lowest BCUT2D eigenvalue weighted by molar-refractivity contribution is 0.656. The molecule has 0 fully saturated rings. The number of halogens is 1. The van der Waals surface area contributed by atoms with Gasteiger partial charge < -0.3 is 0 Å². The Kier molecular flexibility index (Phi) is 21.4. The second kappa shape index (κ2) is 15.8. The van der Waals surface area contributed by atoms with Crippen LogP contribution in [0.2, 0.25) is 0 Å². The molecule has 0 aromatic rings. The quantitative estimate of drug-likeness (QED) is 0.342. The van der Waals surface area contributed by atoms with E-state index in [9.17, 15) is 0 Å². The van der Waals surface area contributed by atoms with Crippen LogP contribution in [0.5, 0.6) is 0 Å². The molecule has 0 spiro atoms. The Hall–Kier alpha value is 0.507. The van der Waals surface area contributed by atoms with Crippen LogP contribution in [-0.4, -0.2) is 9.55 Å². The van der Waals surface area contributed by atoms with Crippen molar-refractivity contribution in [1.29, 1.82) is 0 Å². The maximum Gasteiger partial charge on any atom is 0.109 e. The smallest absolute Gasteiger partial charge is 0.109 e. The van der Waals surface area contributed by atoms with Crippen molar-refractivity contribution < 1.29 is 0 Å². The van der Waals surface area contributed by atoms with Gasteiger partial charge in [-0.05, 0) is 0 Å². The molecule has 0 N–H and O–H groups in total. The van der Waals surface area contributed by atoms with Gasteiger partial charge in [-0.3, -0.25) is 0 Å². The fraction of sp³-hybridized carbons (Fsp3) is 1.00. The van der Waals surface area contributed by atoms with E-state index in [0.29, 0.717) is 0 Å². The van der Waals surface area contributed by atoms with Crippen molar-refractivity contribution in [1.82, 2.24) is 0 Å². The van der Waals surface area contributed by atoms with Crippen molar-refractivity contribution in [3.8, 4) is 0 Å². The summed E-state index contributed by atoms with van der Waals surface area (Å²) in [6, 6.07) is 0. The van der Waals surface area contributed by atoms with Crippen molar-refractivity contribution in [2.24, 2.45) is 0 Å². The first-order chi connectivity index (χ1) is 4.41. The van der Waals surface area contributed by atoms with Gasteiger partial charge in [0.2, 0.25) is 0 Å². The average molecular weight is 167 g/mol. The fourth-order valence-electron chi connectivity index (χ4n) is 0.677. The summed E-state index contributed by atoms with van der Waals surface area (Å²) in [5.41, 5.74) is 0. The highest BCUT2D eigenvalue weighted by molar-refractivity contribution is 6.80. The molecule has 58 valence electrons. The molecule has 0 atom stereocenters. The van der Waals surface area contributed by atoms with E-state index < -0.39 is 0 Å². The highest BCUT2D eigenvalue weighted by atomic mass is 35.6. The van der Waals surface area contributed by atoms with Gasteiger partial charge in [-0.15, -0.1) is 0 Å². The molecular formula is C7H19ClSi. The molecule has 0 aromatic heterocycles. The van der Waals surface area contributed by atoms with E-state index in [4.69, 9.17) is 11.1 Å². The van der Waals surface area contributed by atoms with Gasteiger partial charge in [0.15, 0.2) is 0 Å². The number of rotatable bonds is 4. The van der Waals surface area contributed by atoms with E-state index in [1.54, 1.807) is 0 Å². The molecule has 0 saturated carbocycles. The van der Waals surface area contributed by atoms with Crippen LogP contribution in [0, 0.1) is 0 Å². The summed E-state index contributed by atoms with van der Waals surface area (Å²) in [4.78, 5) is 0. The topological polar surface area (TPSA) is 0 Å². The molecule has 0 aliphatic carbocycles. The van der Waals surface area contributed by atoms with Crippen LogP contribution in [0.4, 0.5) is 0 Å². The van der Waals surface area contributed by atoms with Crippen LogP contribution in [0.3, 0.4) is 0 Å². The van der Waals surface area contributed by atoms with Gasteiger partial charge >= 0.3 is 0 Å². The molecule has 0 aliphatic heterocycles. The van der Waals surface area contributed by atoms with Crippen LogP contribution >= 0.6 is 11.1 Å². The van der Waals surface area contributed by atoms with Crippen LogP contribution in [0.15, 0.2) is 0 Å². The van der Waals surface area contributed by atoms with Gasteiger partial charge in [0.25, 0.3) is 0 Å². The zero-order chi connectivity index (χ0) is 7.54. The minimum atomic E-state index is 0.778. The predicted molar refractivity (Wildman–Crippen MR) is 50.2 cm³/mol. The van der Waals surface area contributed by atoms with Gasteiger partial charge in [0.1, 0.15) is 9.55 Å². The Morgan fingerprint density at radius 2 is 1.22 bits per heavy atom. The van der Waals surface area contributed by atoms with Crippen molar-refractivity contribution in [2.75, 3.05) is 0 Å². The first-order valence-corrected chi connectivity index (χ1v) is 6.82. The third-order valence-corrected chi connectivity index (χ3v) is 1.21. The molecule has 0 radical (unpaired) electrons. The van der Waals surface area contributed by atoms with Crippen LogP contribution in [0.1, 0.15) is 46.0 Å². The summed E-state index contributed by atoms with van der Waals surface area (Å²) >= 11 is 4.78. The number of unbranched alkanes of at least 4 members (excludes halogenated alkanes) is 4. The minimum absolute atomic E-state index is 0.778. The lowest BCUT2D eigenvalue weighted by atomic mass is 10.2.